The topological polar surface area (TPSA) is 49.4 Å². The number of hydrogen-bond acceptors (Lipinski definition) is 3. The Bertz CT molecular complexity index is 1480. The van der Waals surface area contributed by atoms with E-state index in [4.69, 9.17) is 0 Å². The van der Waals surface area contributed by atoms with Gasteiger partial charge in [0.2, 0.25) is 5.91 Å². The minimum Gasteiger partial charge on any atom is -0.325 e. The molecule has 40 heavy (non-hydrogen) atoms. The van der Waals surface area contributed by atoms with Crippen molar-refractivity contribution in [3.63, 3.8) is 0 Å². The SMILES string of the molecule is O=C1c2cccc3cccc(c23)[C@]12N1CCC[C@@H]1[C@@H]([C]1[CH][CH][CH][CH]1)[C@]21C(=O)Nc2ccccc21.[CH]1[CH][CH][CH][CH]1.[Fe+2]. The van der Waals surface area contributed by atoms with Gasteiger partial charge in [0.25, 0.3) is 0 Å². The molecule has 3 aromatic rings. The molecule has 1 amide bonds. The van der Waals surface area contributed by atoms with Crippen LogP contribution in [0, 0.1) is 69.6 Å². The van der Waals surface area contributed by atoms with Crippen LogP contribution in [-0.4, -0.2) is 29.2 Å². The van der Waals surface area contributed by atoms with Crippen LogP contribution in [0.2, 0.25) is 0 Å². The molecule has 2 spiro atoms. The zero-order chi connectivity index (χ0) is 26.2. The molecule has 0 bridgehead atoms. The number of nitrogens with one attached hydrogen (secondary N) is 1. The zero-order valence-electron chi connectivity index (χ0n) is 21.9. The molecule has 3 heterocycles. The van der Waals surface area contributed by atoms with Crippen molar-refractivity contribution in [3.05, 3.63) is 141 Å². The molecule has 0 aromatic heterocycles. The molecule has 3 aromatic carbocycles. The van der Waals surface area contributed by atoms with E-state index in [1.165, 1.54) is 0 Å². The molecule has 4 fully saturated rings. The number of amides is 1. The van der Waals surface area contributed by atoms with Crippen LogP contribution in [0.5, 0.6) is 0 Å². The van der Waals surface area contributed by atoms with Gasteiger partial charge in [0.1, 0.15) is 11.0 Å². The Morgan fingerprint density at radius 1 is 0.775 bits per heavy atom. The minimum absolute atomic E-state index is 0. The summed E-state index contributed by atoms with van der Waals surface area (Å²) in [6.07, 6.45) is 20.4. The fourth-order valence-electron chi connectivity index (χ4n) is 8.46. The second-order valence-corrected chi connectivity index (χ2v) is 11.1. The molecule has 4 atom stereocenters. The van der Waals surface area contributed by atoms with Crippen molar-refractivity contribution in [3.8, 4) is 0 Å². The Kier molecular flexibility index (Phi) is 6.49. The molecule has 6 aliphatic rings. The number of nitrogens with zero attached hydrogens (tertiary/aromatic N) is 1. The second kappa shape index (κ2) is 9.82. The van der Waals surface area contributed by atoms with Crippen molar-refractivity contribution >= 4 is 28.2 Å². The number of hydrogen-bond donors (Lipinski definition) is 1. The summed E-state index contributed by atoms with van der Waals surface area (Å²) in [5.41, 5.74) is 1.44. The maximum atomic E-state index is 14.9. The number of rotatable bonds is 1. The molecule has 1 N–H and O–H groups in total. The number of Topliss-reactive ketones (excluding diaryl/α,β-unsaturated/α-hetero) is 1. The molecular formula is C35H28FeN2O2+2. The molecule has 5 heteroatoms. The fraction of sp³-hybridized carbons (Fsp3) is 0.200. The van der Waals surface area contributed by atoms with E-state index in [0.717, 1.165) is 58.5 Å². The van der Waals surface area contributed by atoms with Gasteiger partial charge in [-0.25, -0.2) is 0 Å². The van der Waals surface area contributed by atoms with Crippen molar-refractivity contribution in [2.24, 2.45) is 5.92 Å². The molecule has 2 saturated carbocycles. The van der Waals surface area contributed by atoms with E-state index in [-0.39, 0.29) is 40.7 Å². The number of carbonyl (C=O) groups excluding carboxylic acids is 2. The van der Waals surface area contributed by atoms with Crippen LogP contribution in [0.3, 0.4) is 0 Å². The summed E-state index contributed by atoms with van der Waals surface area (Å²) in [5.74, 6) is 1.07. The summed E-state index contributed by atoms with van der Waals surface area (Å²) >= 11 is 0. The van der Waals surface area contributed by atoms with Crippen LogP contribution >= 0.6 is 0 Å². The van der Waals surface area contributed by atoms with Gasteiger partial charge in [0, 0.05) is 23.2 Å². The number of ketones is 1. The quantitative estimate of drug-likeness (QED) is 0.390. The van der Waals surface area contributed by atoms with Gasteiger partial charge >= 0.3 is 17.1 Å². The number of carbonyl (C=O) groups is 2. The molecule has 2 saturated heterocycles. The maximum Gasteiger partial charge on any atom is 2.00 e. The number of benzene rings is 3. The molecule has 3 aliphatic heterocycles. The first kappa shape index (κ1) is 26.4. The van der Waals surface area contributed by atoms with E-state index >= 15 is 0 Å². The van der Waals surface area contributed by atoms with Crippen LogP contribution in [-0.2, 0) is 32.8 Å². The van der Waals surface area contributed by atoms with Crippen molar-refractivity contribution < 1.29 is 26.7 Å². The summed E-state index contributed by atoms with van der Waals surface area (Å²) < 4.78 is 0. The number of fused-ring (bicyclic) bond motifs is 6. The zero-order valence-corrected chi connectivity index (χ0v) is 23.0. The van der Waals surface area contributed by atoms with E-state index in [1.807, 2.05) is 62.4 Å². The maximum absolute atomic E-state index is 14.9. The summed E-state index contributed by atoms with van der Waals surface area (Å²) in [7, 11) is 0. The van der Waals surface area contributed by atoms with Gasteiger partial charge in [-0.15, -0.1) is 0 Å². The predicted molar refractivity (Wildman–Crippen MR) is 152 cm³/mol. The molecule has 196 valence electrons. The van der Waals surface area contributed by atoms with Crippen LogP contribution in [0.15, 0.2) is 60.7 Å². The van der Waals surface area contributed by atoms with Gasteiger partial charge in [0.05, 0.1) is 0 Å². The number of anilines is 1. The Balaban J connectivity index is 0.000000401. The first-order valence-electron chi connectivity index (χ1n) is 13.8. The molecule has 3 aliphatic carbocycles. The van der Waals surface area contributed by atoms with Crippen LogP contribution in [0.25, 0.3) is 10.8 Å². The Morgan fingerprint density at radius 2 is 1.45 bits per heavy atom. The fourth-order valence-corrected chi connectivity index (χ4v) is 8.46. The third-order valence-corrected chi connectivity index (χ3v) is 9.58. The smallest absolute Gasteiger partial charge is 0.325 e. The molecule has 9 rings (SSSR count). The van der Waals surface area contributed by atoms with E-state index < -0.39 is 11.0 Å². The van der Waals surface area contributed by atoms with Crippen molar-refractivity contribution in [2.75, 3.05) is 11.9 Å². The van der Waals surface area contributed by atoms with Gasteiger partial charge in [-0.3, -0.25) is 14.5 Å². The van der Waals surface area contributed by atoms with E-state index in [0.29, 0.717) is 0 Å². The molecule has 4 nitrogen and oxygen atoms in total. The first-order valence-corrected chi connectivity index (χ1v) is 13.8. The van der Waals surface area contributed by atoms with Crippen molar-refractivity contribution in [1.29, 1.82) is 0 Å². The standard InChI is InChI=1S/C30H23N2O2.C5H5.Fe/c33-27-20-12-5-10-18-11-6-14-22(25(18)20)30(27)29(21-13-3-4-15-23(21)31-28(29)34)26(19-8-1-2-9-19)24-16-7-17-32(24)30;1-2-4-5-3-1;/h1-6,8-15,24,26H,7,16-17H2,(H,31,34);1-5H;/q;;+2/t24-,26-,29-,30+;;/m1../s1. The Labute approximate surface area is 247 Å². The average Bonchev–Trinajstić information content (AvgIpc) is 3.80. The third-order valence-electron chi connectivity index (χ3n) is 9.58. The van der Waals surface area contributed by atoms with Gasteiger partial charge in [-0.2, -0.15) is 0 Å². The van der Waals surface area contributed by atoms with Gasteiger partial charge in [-0.05, 0) is 111 Å². The summed E-state index contributed by atoms with van der Waals surface area (Å²) in [5, 5.41) is 5.30. The molecular weight excluding hydrogens is 536 g/mol. The predicted octanol–water partition coefficient (Wildman–Crippen LogP) is 5.64. The van der Waals surface area contributed by atoms with E-state index in [9.17, 15) is 9.59 Å². The van der Waals surface area contributed by atoms with Gasteiger partial charge in [0.15, 0.2) is 5.78 Å². The van der Waals surface area contributed by atoms with Gasteiger partial charge in [-0.1, -0.05) is 54.6 Å². The van der Waals surface area contributed by atoms with Crippen molar-refractivity contribution in [1.82, 2.24) is 4.90 Å². The normalized spacial score (nSPS) is 31.9. The van der Waals surface area contributed by atoms with Crippen molar-refractivity contribution in [2.45, 2.75) is 29.8 Å². The average molecular weight is 564 g/mol. The summed E-state index contributed by atoms with van der Waals surface area (Å²) in [6, 6.07) is 20.4. The van der Waals surface area contributed by atoms with Crippen LogP contribution in [0.4, 0.5) is 5.69 Å². The number of para-hydroxylation sites is 1. The van der Waals surface area contributed by atoms with Crippen LogP contribution in [0.1, 0.15) is 34.3 Å². The first-order chi connectivity index (χ1) is 19.2. The summed E-state index contributed by atoms with van der Waals surface area (Å²) in [6.45, 7) is 0.815. The minimum atomic E-state index is -1.06. The van der Waals surface area contributed by atoms with Crippen LogP contribution < -0.4 is 5.32 Å². The van der Waals surface area contributed by atoms with Gasteiger partial charge < -0.3 is 5.32 Å². The van der Waals surface area contributed by atoms with E-state index in [2.05, 4.69) is 66.2 Å². The Hall–Kier alpha value is -2.46. The second-order valence-electron chi connectivity index (χ2n) is 11.1. The molecule has 10 radical (unpaired) electrons. The van der Waals surface area contributed by atoms with E-state index in [1.54, 1.807) is 0 Å². The Morgan fingerprint density at radius 3 is 2.20 bits per heavy atom. The largest absolute Gasteiger partial charge is 2.00 e. The monoisotopic (exact) mass is 564 g/mol. The summed E-state index contributed by atoms with van der Waals surface area (Å²) in [4.78, 5) is 31.8. The molecule has 0 unspecified atom stereocenters. The third kappa shape index (κ3) is 3.18.